The summed E-state index contributed by atoms with van der Waals surface area (Å²) >= 11 is 5.84. The molecule has 3 rings (SSSR count). The van der Waals surface area contributed by atoms with Gasteiger partial charge >= 0.3 is 0 Å². The molecule has 0 atom stereocenters. The van der Waals surface area contributed by atoms with Crippen molar-refractivity contribution in [3.05, 3.63) is 59.1 Å². The third-order valence-electron chi connectivity index (χ3n) is 3.62. The third-order valence-corrected chi connectivity index (χ3v) is 3.88. The zero-order valence-electron chi connectivity index (χ0n) is 13.0. The fourth-order valence-corrected chi connectivity index (χ4v) is 2.55. The van der Waals surface area contributed by atoms with Gasteiger partial charge in [-0.05, 0) is 35.9 Å². The molecule has 2 aromatic rings. The summed E-state index contributed by atoms with van der Waals surface area (Å²) in [7, 11) is 1.55. The van der Waals surface area contributed by atoms with Crippen LogP contribution in [0.15, 0.2) is 48.5 Å². The van der Waals surface area contributed by atoms with Crippen LogP contribution in [0.25, 0.3) is 6.08 Å². The second kappa shape index (κ2) is 6.76. The molecular formula is C18H15ClN2O3. The monoisotopic (exact) mass is 342 g/mol. The molecule has 0 unspecified atom stereocenters. The van der Waals surface area contributed by atoms with E-state index in [1.165, 1.54) is 11.0 Å². The number of ether oxygens (including phenoxy) is 1. The van der Waals surface area contributed by atoms with E-state index >= 15 is 0 Å². The summed E-state index contributed by atoms with van der Waals surface area (Å²) in [5, 5.41) is 3.38. The van der Waals surface area contributed by atoms with E-state index in [0.717, 1.165) is 5.56 Å². The van der Waals surface area contributed by atoms with Gasteiger partial charge in [-0.25, -0.2) is 0 Å². The predicted molar refractivity (Wildman–Crippen MR) is 94.5 cm³/mol. The van der Waals surface area contributed by atoms with Gasteiger partial charge in [0.05, 0.1) is 18.5 Å². The van der Waals surface area contributed by atoms with Gasteiger partial charge in [-0.15, -0.1) is 0 Å². The molecule has 24 heavy (non-hydrogen) atoms. The number of fused-ring (bicyclic) bond motifs is 1. The van der Waals surface area contributed by atoms with Crippen molar-refractivity contribution >= 4 is 40.9 Å². The van der Waals surface area contributed by atoms with E-state index < -0.39 is 0 Å². The number of nitrogens with one attached hydrogen (secondary N) is 1. The molecule has 122 valence electrons. The molecule has 1 aliphatic heterocycles. The van der Waals surface area contributed by atoms with Crippen LogP contribution in [0.5, 0.6) is 5.75 Å². The number of benzene rings is 2. The maximum absolute atomic E-state index is 12.5. The quantitative estimate of drug-likeness (QED) is 0.870. The Morgan fingerprint density at radius 2 is 2.00 bits per heavy atom. The highest BCUT2D eigenvalue weighted by atomic mass is 35.5. The molecule has 0 aromatic heterocycles. The molecular weight excluding hydrogens is 328 g/mol. The Hall–Kier alpha value is -2.79. The molecule has 0 bridgehead atoms. The van der Waals surface area contributed by atoms with E-state index in [0.29, 0.717) is 22.1 Å². The van der Waals surface area contributed by atoms with Gasteiger partial charge in [0.15, 0.2) is 0 Å². The second-order valence-electron chi connectivity index (χ2n) is 5.24. The highest BCUT2D eigenvalue weighted by Crippen LogP contribution is 2.33. The van der Waals surface area contributed by atoms with Gasteiger partial charge in [-0.2, -0.15) is 0 Å². The van der Waals surface area contributed by atoms with Crippen molar-refractivity contribution in [2.75, 3.05) is 23.9 Å². The fourth-order valence-electron chi connectivity index (χ4n) is 2.42. The molecule has 0 saturated heterocycles. The van der Waals surface area contributed by atoms with Crippen LogP contribution in [0.3, 0.4) is 0 Å². The van der Waals surface area contributed by atoms with Crippen LogP contribution < -0.4 is 15.0 Å². The number of rotatable bonds is 3. The number of halogens is 1. The summed E-state index contributed by atoms with van der Waals surface area (Å²) in [6.45, 7) is -0.0247. The first-order valence-electron chi connectivity index (χ1n) is 7.30. The van der Waals surface area contributed by atoms with E-state index in [-0.39, 0.29) is 18.4 Å². The molecule has 0 saturated carbocycles. The zero-order chi connectivity index (χ0) is 17.1. The molecule has 5 nitrogen and oxygen atoms in total. The Morgan fingerprint density at radius 1 is 1.25 bits per heavy atom. The first-order valence-corrected chi connectivity index (χ1v) is 7.67. The number of hydrogen-bond acceptors (Lipinski definition) is 3. The van der Waals surface area contributed by atoms with Crippen molar-refractivity contribution in [1.29, 1.82) is 0 Å². The number of hydrogen-bond donors (Lipinski definition) is 1. The number of methoxy groups -OCH3 is 1. The maximum atomic E-state index is 12.5. The Kier molecular flexibility index (Phi) is 4.53. The molecule has 1 N–H and O–H groups in total. The minimum atomic E-state index is -0.272. The van der Waals surface area contributed by atoms with Crippen LogP contribution in [0.1, 0.15) is 5.56 Å². The average molecular weight is 343 g/mol. The highest BCUT2D eigenvalue weighted by molar-refractivity contribution is 6.30. The standard InChI is InChI=1S/C18H15ClN2O3/c1-24-14-7-8-16-15(10-14)20-17(22)11-21(16)18(23)9-4-12-2-5-13(19)6-3-12/h2-10H,11H2,1H3,(H,20,22). The van der Waals surface area contributed by atoms with Crippen molar-refractivity contribution in [3.63, 3.8) is 0 Å². The summed E-state index contributed by atoms with van der Waals surface area (Å²) in [5.74, 6) is 0.0928. The lowest BCUT2D eigenvalue weighted by Crippen LogP contribution is -2.41. The lowest BCUT2D eigenvalue weighted by Gasteiger charge is -2.28. The minimum Gasteiger partial charge on any atom is -0.497 e. The van der Waals surface area contributed by atoms with Crippen LogP contribution in [-0.4, -0.2) is 25.5 Å². The summed E-state index contributed by atoms with van der Waals surface area (Å²) in [5.41, 5.74) is 2.05. The van der Waals surface area contributed by atoms with E-state index in [9.17, 15) is 9.59 Å². The van der Waals surface area contributed by atoms with Gasteiger partial charge < -0.3 is 10.1 Å². The first kappa shape index (κ1) is 16.1. The number of anilines is 2. The van der Waals surface area contributed by atoms with Gasteiger partial charge in [0, 0.05) is 17.2 Å². The summed E-state index contributed by atoms with van der Waals surface area (Å²) in [4.78, 5) is 25.8. The largest absolute Gasteiger partial charge is 0.497 e. The average Bonchev–Trinajstić information content (AvgIpc) is 2.59. The van der Waals surface area contributed by atoms with Crippen LogP contribution in [-0.2, 0) is 9.59 Å². The molecule has 0 aliphatic carbocycles. The molecule has 2 amide bonds. The summed E-state index contributed by atoms with van der Waals surface area (Å²) in [6.07, 6.45) is 3.13. The van der Waals surface area contributed by atoms with Gasteiger partial charge in [-0.1, -0.05) is 23.7 Å². The van der Waals surface area contributed by atoms with Crippen molar-refractivity contribution in [2.24, 2.45) is 0 Å². The predicted octanol–water partition coefficient (Wildman–Crippen LogP) is 3.35. The molecule has 0 fully saturated rings. The third kappa shape index (κ3) is 3.41. The first-order chi connectivity index (χ1) is 11.6. The molecule has 1 heterocycles. The Morgan fingerprint density at radius 3 is 2.71 bits per heavy atom. The Labute approximate surface area is 144 Å². The van der Waals surface area contributed by atoms with E-state index in [4.69, 9.17) is 16.3 Å². The van der Waals surface area contributed by atoms with Crippen molar-refractivity contribution in [1.82, 2.24) is 0 Å². The van der Waals surface area contributed by atoms with Gasteiger partial charge in [0.1, 0.15) is 12.3 Å². The number of amides is 2. The molecule has 6 heteroatoms. The Balaban J connectivity index is 1.85. The van der Waals surface area contributed by atoms with Crippen molar-refractivity contribution in [2.45, 2.75) is 0 Å². The molecule has 1 aliphatic rings. The zero-order valence-corrected chi connectivity index (χ0v) is 13.7. The van der Waals surface area contributed by atoms with Crippen molar-refractivity contribution < 1.29 is 14.3 Å². The smallest absolute Gasteiger partial charge is 0.251 e. The van der Waals surface area contributed by atoms with Gasteiger partial charge in [-0.3, -0.25) is 14.5 Å². The molecule has 0 radical (unpaired) electrons. The van der Waals surface area contributed by atoms with Gasteiger partial charge in [0.2, 0.25) is 5.91 Å². The second-order valence-corrected chi connectivity index (χ2v) is 5.68. The topological polar surface area (TPSA) is 58.6 Å². The van der Waals surface area contributed by atoms with E-state index in [1.54, 1.807) is 43.5 Å². The van der Waals surface area contributed by atoms with Crippen LogP contribution >= 0.6 is 11.6 Å². The number of carbonyl (C=O) groups excluding carboxylic acids is 2. The fraction of sp³-hybridized carbons (Fsp3) is 0.111. The summed E-state index contributed by atoms with van der Waals surface area (Å²) in [6, 6.07) is 12.3. The maximum Gasteiger partial charge on any atom is 0.251 e. The molecule has 0 spiro atoms. The minimum absolute atomic E-state index is 0.0247. The normalized spacial score (nSPS) is 13.6. The lowest BCUT2D eigenvalue weighted by atomic mass is 10.1. The highest BCUT2D eigenvalue weighted by Gasteiger charge is 2.25. The van der Waals surface area contributed by atoms with Gasteiger partial charge in [0.25, 0.3) is 5.91 Å². The van der Waals surface area contributed by atoms with Crippen LogP contribution in [0, 0.1) is 0 Å². The lowest BCUT2D eigenvalue weighted by molar-refractivity contribution is -0.119. The van der Waals surface area contributed by atoms with E-state index in [2.05, 4.69) is 5.32 Å². The number of nitrogens with zero attached hydrogens (tertiary/aromatic N) is 1. The SMILES string of the molecule is COc1ccc2c(c1)NC(=O)CN2C(=O)C=Cc1ccc(Cl)cc1. The van der Waals surface area contributed by atoms with E-state index in [1.807, 2.05) is 12.1 Å². The summed E-state index contributed by atoms with van der Waals surface area (Å²) < 4.78 is 5.15. The van der Waals surface area contributed by atoms with Crippen LogP contribution in [0.2, 0.25) is 5.02 Å². The van der Waals surface area contributed by atoms with Crippen molar-refractivity contribution in [3.8, 4) is 5.75 Å². The number of carbonyl (C=O) groups is 2. The van der Waals surface area contributed by atoms with Crippen LogP contribution in [0.4, 0.5) is 11.4 Å². The Bertz CT molecular complexity index is 816. The molecule has 2 aromatic carbocycles.